The van der Waals surface area contributed by atoms with Gasteiger partial charge >= 0.3 is 0 Å². The maximum atomic E-state index is 13.0. The van der Waals surface area contributed by atoms with Crippen LogP contribution in [0.15, 0.2) is 53.5 Å². The number of aliphatic imine (C=N–C) groups is 1. The predicted molar refractivity (Wildman–Crippen MR) is 105 cm³/mol. The highest BCUT2D eigenvalue weighted by molar-refractivity contribution is 6.47. The van der Waals surface area contributed by atoms with Crippen molar-refractivity contribution in [2.75, 3.05) is 13.1 Å². The molecule has 2 aromatic carbocycles. The van der Waals surface area contributed by atoms with E-state index < -0.39 is 5.66 Å². The fourth-order valence-electron chi connectivity index (χ4n) is 3.62. The number of nitrogens with one attached hydrogen (secondary N) is 1. The van der Waals surface area contributed by atoms with Crippen LogP contribution in [0.25, 0.3) is 0 Å². The van der Waals surface area contributed by atoms with Gasteiger partial charge in [0.15, 0.2) is 0 Å². The summed E-state index contributed by atoms with van der Waals surface area (Å²) in [7, 11) is 0. The van der Waals surface area contributed by atoms with Gasteiger partial charge in [0.2, 0.25) is 5.91 Å². The lowest BCUT2D eigenvalue weighted by Gasteiger charge is -2.37. The van der Waals surface area contributed by atoms with Gasteiger partial charge in [0.25, 0.3) is 5.91 Å². The molecule has 0 aromatic heterocycles. The van der Waals surface area contributed by atoms with Gasteiger partial charge in [-0.05, 0) is 29.8 Å². The van der Waals surface area contributed by atoms with Gasteiger partial charge in [0, 0.05) is 36.5 Å². The van der Waals surface area contributed by atoms with Gasteiger partial charge in [-0.3, -0.25) is 14.6 Å². The Kier molecular flexibility index (Phi) is 4.89. The molecule has 2 aromatic rings. The molecule has 2 aliphatic rings. The Bertz CT molecular complexity index is 933. The quantitative estimate of drug-likeness (QED) is 0.862. The van der Waals surface area contributed by atoms with Crippen LogP contribution in [0, 0.1) is 5.82 Å². The van der Waals surface area contributed by atoms with Crippen molar-refractivity contribution < 1.29 is 14.0 Å². The smallest absolute Gasteiger partial charge is 0.272 e. The van der Waals surface area contributed by atoms with Crippen LogP contribution in [0.3, 0.4) is 0 Å². The number of amides is 2. The van der Waals surface area contributed by atoms with E-state index in [9.17, 15) is 14.0 Å². The van der Waals surface area contributed by atoms with Gasteiger partial charge in [0.1, 0.15) is 17.2 Å². The van der Waals surface area contributed by atoms with Crippen molar-refractivity contribution in [2.45, 2.75) is 24.9 Å². The molecule has 28 heavy (non-hydrogen) atoms. The van der Waals surface area contributed by atoms with E-state index in [0.717, 1.165) is 11.1 Å². The number of carbonyl (C=O) groups excluding carboxylic acids is 2. The molecule has 2 aliphatic heterocycles. The summed E-state index contributed by atoms with van der Waals surface area (Å²) in [6, 6.07) is 13.0. The summed E-state index contributed by atoms with van der Waals surface area (Å²) in [6.45, 7) is 1.02. The van der Waals surface area contributed by atoms with Crippen LogP contribution in [0.1, 0.15) is 24.0 Å². The molecular formula is C21H19ClFN3O2. The van der Waals surface area contributed by atoms with Crippen LogP contribution in [-0.2, 0) is 16.0 Å². The molecule has 144 valence electrons. The van der Waals surface area contributed by atoms with E-state index in [1.54, 1.807) is 41.3 Å². The third-order valence-electron chi connectivity index (χ3n) is 5.22. The highest BCUT2D eigenvalue weighted by Gasteiger charge is 2.42. The molecule has 0 atom stereocenters. The van der Waals surface area contributed by atoms with Gasteiger partial charge in [-0.15, -0.1) is 0 Å². The topological polar surface area (TPSA) is 61.8 Å². The normalized spacial score (nSPS) is 18.1. The molecule has 4 rings (SSSR count). The number of likely N-dealkylation sites (tertiary alicyclic amines) is 1. The van der Waals surface area contributed by atoms with Gasteiger partial charge in [0.05, 0.1) is 6.42 Å². The molecule has 2 amide bonds. The molecule has 1 saturated heterocycles. The molecule has 0 aliphatic carbocycles. The van der Waals surface area contributed by atoms with E-state index in [-0.39, 0.29) is 24.1 Å². The van der Waals surface area contributed by atoms with Crippen LogP contribution in [-0.4, -0.2) is 41.2 Å². The molecule has 0 saturated carbocycles. The van der Waals surface area contributed by atoms with E-state index in [1.165, 1.54) is 12.1 Å². The molecule has 5 nitrogen and oxygen atoms in total. The first-order valence-electron chi connectivity index (χ1n) is 9.15. The van der Waals surface area contributed by atoms with Gasteiger partial charge in [-0.1, -0.05) is 35.9 Å². The second-order valence-corrected chi connectivity index (χ2v) is 7.57. The lowest BCUT2D eigenvalue weighted by molar-refractivity contribution is -0.132. The highest BCUT2D eigenvalue weighted by atomic mass is 35.5. The first-order chi connectivity index (χ1) is 13.4. The van der Waals surface area contributed by atoms with Gasteiger partial charge in [-0.2, -0.15) is 0 Å². The minimum atomic E-state index is -0.654. The largest absolute Gasteiger partial charge is 0.342 e. The van der Waals surface area contributed by atoms with Crippen molar-refractivity contribution in [3.63, 3.8) is 0 Å². The third kappa shape index (κ3) is 3.78. The zero-order chi connectivity index (χ0) is 19.7. The van der Waals surface area contributed by atoms with Crippen LogP contribution in [0.2, 0.25) is 5.02 Å². The van der Waals surface area contributed by atoms with Gasteiger partial charge < -0.3 is 10.2 Å². The Morgan fingerprint density at radius 3 is 2.39 bits per heavy atom. The summed E-state index contributed by atoms with van der Waals surface area (Å²) in [5.74, 6) is -0.525. The Hall–Kier alpha value is -2.73. The SMILES string of the molecule is O=C1NC2(CCN(C(=O)Cc3ccc(F)cc3)CC2)N=C1c1ccc(Cl)cc1. The zero-order valence-electron chi connectivity index (χ0n) is 15.1. The minimum absolute atomic E-state index is 0.00677. The van der Waals surface area contributed by atoms with Crippen LogP contribution < -0.4 is 5.32 Å². The molecule has 1 fully saturated rings. The zero-order valence-corrected chi connectivity index (χ0v) is 15.9. The van der Waals surface area contributed by atoms with Crippen molar-refractivity contribution in [1.82, 2.24) is 10.2 Å². The molecule has 7 heteroatoms. The lowest BCUT2D eigenvalue weighted by atomic mass is 9.97. The Labute approximate surface area is 167 Å². The van der Waals surface area contributed by atoms with E-state index in [4.69, 9.17) is 11.6 Å². The van der Waals surface area contributed by atoms with Crippen molar-refractivity contribution in [2.24, 2.45) is 4.99 Å². The monoisotopic (exact) mass is 399 g/mol. The minimum Gasteiger partial charge on any atom is -0.342 e. The number of benzene rings is 2. The van der Waals surface area contributed by atoms with E-state index in [0.29, 0.717) is 36.7 Å². The Balaban J connectivity index is 1.41. The first kappa shape index (κ1) is 18.6. The average Bonchev–Trinajstić information content (AvgIpc) is 3.00. The number of piperidine rings is 1. The number of hydrogen-bond acceptors (Lipinski definition) is 3. The number of carbonyl (C=O) groups is 2. The summed E-state index contributed by atoms with van der Waals surface area (Å²) >= 11 is 5.91. The van der Waals surface area contributed by atoms with E-state index >= 15 is 0 Å². The molecule has 1 spiro atoms. The van der Waals surface area contributed by atoms with Gasteiger partial charge in [-0.25, -0.2) is 4.39 Å². The van der Waals surface area contributed by atoms with Crippen molar-refractivity contribution in [3.8, 4) is 0 Å². The number of halogens is 2. The van der Waals surface area contributed by atoms with Crippen molar-refractivity contribution in [3.05, 3.63) is 70.5 Å². The standard InChI is InChI=1S/C21H19ClFN3O2/c22-16-5-3-15(4-6-16)19-20(28)25-21(24-19)9-11-26(12-10-21)18(27)13-14-1-7-17(23)8-2-14/h1-8H,9-13H2,(H,25,28). The first-order valence-corrected chi connectivity index (χ1v) is 9.52. The number of nitrogens with zero attached hydrogens (tertiary/aromatic N) is 2. The molecule has 0 radical (unpaired) electrons. The maximum absolute atomic E-state index is 13.0. The lowest BCUT2D eigenvalue weighted by Crippen LogP contribution is -2.52. The number of rotatable bonds is 3. The van der Waals surface area contributed by atoms with Crippen LogP contribution in [0.5, 0.6) is 0 Å². The van der Waals surface area contributed by atoms with E-state index in [2.05, 4.69) is 10.3 Å². The highest BCUT2D eigenvalue weighted by Crippen LogP contribution is 2.29. The summed E-state index contributed by atoms with van der Waals surface area (Å²) in [6.07, 6.45) is 1.36. The molecular weight excluding hydrogens is 381 g/mol. The summed E-state index contributed by atoms with van der Waals surface area (Å²) in [5.41, 5.74) is 1.26. The predicted octanol–water partition coefficient (Wildman–Crippen LogP) is 2.96. The molecule has 0 unspecified atom stereocenters. The number of hydrogen-bond donors (Lipinski definition) is 1. The fourth-order valence-corrected chi connectivity index (χ4v) is 3.74. The van der Waals surface area contributed by atoms with Crippen molar-refractivity contribution in [1.29, 1.82) is 0 Å². The third-order valence-corrected chi connectivity index (χ3v) is 5.47. The second-order valence-electron chi connectivity index (χ2n) is 7.14. The molecule has 2 heterocycles. The summed E-state index contributed by atoms with van der Waals surface area (Å²) < 4.78 is 13.0. The second kappa shape index (κ2) is 7.36. The van der Waals surface area contributed by atoms with E-state index in [1.807, 2.05) is 0 Å². The molecule has 0 bridgehead atoms. The summed E-state index contributed by atoms with van der Waals surface area (Å²) in [5, 5.41) is 3.59. The fraction of sp³-hybridized carbons (Fsp3) is 0.286. The summed E-state index contributed by atoms with van der Waals surface area (Å²) in [4.78, 5) is 31.4. The van der Waals surface area contributed by atoms with Crippen LogP contribution >= 0.6 is 11.6 Å². The average molecular weight is 400 g/mol. The Morgan fingerprint density at radius 1 is 1.11 bits per heavy atom. The maximum Gasteiger partial charge on any atom is 0.272 e. The Morgan fingerprint density at radius 2 is 1.75 bits per heavy atom. The van der Waals surface area contributed by atoms with Crippen LogP contribution in [0.4, 0.5) is 4.39 Å². The molecule has 1 N–H and O–H groups in total. The van der Waals surface area contributed by atoms with Crippen molar-refractivity contribution >= 4 is 29.1 Å².